The average Bonchev–Trinajstić information content (AvgIpc) is 2.46. The minimum absolute atomic E-state index is 0.234. The van der Waals surface area contributed by atoms with Crippen molar-refractivity contribution in [3.05, 3.63) is 53.7 Å². The molecule has 21 heavy (non-hydrogen) atoms. The molecule has 0 bridgehead atoms. The second-order valence-corrected chi connectivity index (χ2v) is 5.21. The van der Waals surface area contributed by atoms with Gasteiger partial charge in [0.15, 0.2) is 0 Å². The van der Waals surface area contributed by atoms with Gasteiger partial charge in [0.2, 0.25) is 0 Å². The Bertz CT molecular complexity index is 622. The molecule has 0 spiro atoms. The summed E-state index contributed by atoms with van der Waals surface area (Å²) in [5.74, 6) is 0.214. The highest BCUT2D eigenvalue weighted by molar-refractivity contribution is 5.91. The largest absolute Gasteiger partial charge is 0.399 e. The fourth-order valence-electron chi connectivity index (χ4n) is 2.07. The lowest BCUT2D eigenvalue weighted by Crippen LogP contribution is -2.31. The minimum atomic E-state index is -0.520. The van der Waals surface area contributed by atoms with Crippen molar-refractivity contribution in [1.29, 1.82) is 0 Å². The zero-order valence-electron chi connectivity index (χ0n) is 12.3. The number of aromatic nitrogens is 1. The third-order valence-electron chi connectivity index (χ3n) is 3.24. The van der Waals surface area contributed by atoms with Crippen molar-refractivity contribution >= 4 is 17.4 Å². The van der Waals surface area contributed by atoms with Gasteiger partial charge in [-0.3, -0.25) is 4.79 Å². The van der Waals surface area contributed by atoms with Gasteiger partial charge >= 0.3 is 0 Å². The van der Waals surface area contributed by atoms with Gasteiger partial charge in [-0.1, -0.05) is 18.2 Å². The summed E-state index contributed by atoms with van der Waals surface area (Å²) in [6, 6.07) is 13.3. The van der Waals surface area contributed by atoms with Crippen molar-refractivity contribution in [2.45, 2.75) is 26.4 Å². The van der Waals surface area contributed by atoms with Crippen molar-refractivity contribution in [3.8, 4) is 0 Å². The third-order valence-corrected chi connectivity index (χ3v) is 3.24. The van der Waals surface area contributed by atoms with E-state index in [1.807, 2.05) is 30.3 Å². The monoisotopic (exact) mass is 284 g/mol. The predicted octanol–water partition coefficient (Wildman–Crippen LogP) is 2.18. The Labute approximate surface area is 124 Å². The maximum atomic E-state index is 11.3. The third kappa shape index (κ3) is 3.72. The molecule has 0 aliphatic rings. The molecular formula is C16H20N4O. The van der Waals surface area contributed by atoms with Gasteiger partial charge in [-0.15, -0.1) is 0 Å². The smallest absolute Gasteiger partial charge is 0.267 e. The number of nitrogens with zero attached hydrogens (tertiary/aromatic N) is 2. The summed E-state index contributed by atoms with van der Waals surface area (Å²) in [5, 5.41) is 0. The van der Waals surface area contributed by atoms with Gasteiger partial charge in [-0.05, 0) is 43.7 Å². The number of anilines is 2. The molecule has 1 aromatic carbocycles. The van der Waals surface area contributed by atoms with Crippen LogP contribution in [0.15, 0.2) is 42.5 Å². The molecule has 1 aromatic heterocycles. The molecule has 5 nitrogen and oxygen atoms in total. The normalized spacial score (nSPS) is 10.6. The maximum Gasteiger partial charge on any atom is 0.267 e. The van der Waals surface area contributed by atoms with Crippen LogP contribution < -0.4 is 16.4 Å². The molecule has 0 atom stereocenters. The van der Waals surface area contributed by atoms with Crippen LogP contribution in [0.1, 0.15) is 29.9 Å². The van der Waals surface area contributed by atoms with Crippen LogP contribution in [0.3, 0.4) is 0 Å². The van der Waals surface area contributed by atoms with E-state index in [9.17, 15) is 4.79 Å². The van der Waals surface area contributed by atoms with E-state index >= 15 is 0 Å². The average molecular weight is 284 g/mol. The molecule has 0 aliphatic carbocycles. The Morgan fingerprint density at radius 3 is 2.43 bits per heavy atom. The van der Waals surface area contributed by atoms with Crippen LogP contribution in [0.4, 0.5) is 11.5 Å². The highest BCUT2D eigenvalue weighted by Crippen LogP contribution is 2.19. The van der Waals surface area contributed by atoms with Crippen molar-refractivity contribution in [2.24, 2.45) is 5.73 Å². The molecule has 4 N–H and O–H groups in total. The summed E-state index contributed by atoms with van der Waals surface area (Å²) in [7, 11) is 0. The molecule has 0 radical (unpaired) electrons. The van der Waals surface area contributed by atoms with Gasteiger partial charge in [0.05, 0.1) is 0 Å². The van der Waals surface area contributed by atoms with Crippen LogP contribution in [0, 0.1) is 0 Å². The number of carbonyl (C=O) groups is 1. The summed E-state index contributed by atoms with van der Waals surface area (Å²) < 4.78 is 0. The van der Waals surface area contributed by atoms with Crippen molar-refractivity contribution in [1.82, 2.24) is 4.98 Å². The molecule has 0 saturated carbocycles. The molecule has 5 heteroatoms. The van der Waals surface area contributed by atoms with E-state index in [-0.39, 0.29) is 11.7 Å². The van der Waals surface area contributed by atoms with Crippen LogP contribution >= 0.6 is 0 Å². The zero-order chi connectivity index (χ0) is 15.4. The summed E-state index contributed by atoms with van der Waals surface area (Å²) in [6.45, 7) is 4.85. The molecule has 1 amide bonds. The predicted molar refractivity (Wildman–Crippen MR) is 84.9 cm³/mol. The summed E-state index contributed by atoms with van der Waals surface area (Å²) in [6.07, 6.45) is 0. The van der Waals surface area contributed by atoms with Gasteiger partial charge in [0.25, 0.3) is 5.91 Å². The molecule has 0 aliphatic heterocycles. The van der Waals surface area contributed by atoms with E-state index < -0.39 is 5.91 Å². The molecule has 0 unspecified atom stereocenters. The number of nitrogen functional groups attached to an aromatic ring is 1. The first kappa shape index (κ1) is 14.8. The van der Waals surface area contributed by atoms with Crippen LogP contribution in [-0.2, 0) is 6.54 Å². The molecule has 0 fully saturated rings. The minimum Gasteiger partial charge on any atom is -0.399 e. The van der Waals surface area contributed by atoms with Crippen LogP contribution in [0.2, 0.25) is 0 Å². The summed E-state index contributed by atoms with van der Waals surface area (Å²) in [4.78, 5) is 17.7. The Morgan fingerprint density at radius 1 is 1.19 bits per heavy atom. The van der Waals surface area contributed by atoms with Crippen LogP contribution in [-0.4, -0.2) is 16.9 Å². The molecule has 110 valence electrons. The number of amides is 1. The second kappa shape index (κ2) is 6.26. The van der Waals surface area contributed by atoms with E-state index in [0.29, 0.717) is 6.54 Å². The molecule has 1 heterocycles. The molecule has 2 aromatic rings. The lowest BCUT2D eigenvalue weighted by atomic mass is 10.1. The SMILES string of the molecule is CC(C)N(Cc1ccc(N)cc1)c1cccc(C(N)=O)n1. The van der Waals surface area contributed by atoms with Gasteiger partial charge in [0, 0.05) is 18.3 Å². The van der Waals surface area contributed by atoms with Gasteiger partial charge in [-0.2, -0.15) is 0 Å². The number of hydrogen-bond donors (Lipinski definition) is 2. The fourth-order valence-corrected chi connectivity index (χ4v) is 2.07. The number of carbonyl (C=O) groups excluding carboxylic acids is 1. The number of primary amides is 1. The van der Waals surface area contributed by atoms with Crippen LogP contribution in [0.5, 0.6) is 0 Å². The number of rotatable bonds is 5. The first-order valence-electron chi connectivity index (χ1n) is 6.85. The van der Waals surface area contributed by atoms with Crippen LogP contribution in [0.25, 0.3) is 0 Å². The zero-order valence-corrected chi connectivity index (χ0v) is 12.3. The Hall–Kier alpha value is -2.56. The summed E-state index contributed by atoms with van der Waals surface area (Å²) >= 11 is 0. The number of benzene rings is 1. The Balaban J connectivity index is 2.28. The van der Waals surface area contributed by atoms with Gasteiger partial charge in [0.1, 0.15) is 11.5 Å². The Morgan fingerprint density at radius 2 is 1.86 bits per heavy atom. The van der Waals surface area contributed by atoms with Crippen molar-refractivity contribution in [2.75, 3.05) is 10.6 Å². The van der Waals surface area contributed by atoms with Crippen molar-refractivity contribution < 1.29 is 4.79 Å². The van der Waals surface area contributed by atoms with Crippen molar-refractivity contribution in [3.63, 3.8) is 0 Å². The van der Waals surface area contributed by atoms with E-state index in [0.717, 1.165) is 17.1 Å². The van der Waals surface area contributed by atoms with Gasteiger partial charge in [-0.25, -0.2) is 4.98 Å². The summed E-state index contributed by atoms with van der Waals surface area (Å²) in [5.41, 5.74) is 13.1. The fraction of sp³-hybridized carbons (Fsp3) is 0.250. The van der Waals surface area contributed by atoms with E-state index in [2.05, 4.69) is 23.7 Å². The quantitative estimate of drug-likeness (QED) is 0.824. The highest BCUT2D eigenvalue weighted by Gasteiger charge is 2.14. The van der Waals surface area contributed by atoms with E-state index in [1.54, 1.807) is 12.1 Å². The second-order valence-electron chi connectivity index (χ2n) is 5.21. The lowest BCUT2D eigenvalue weighted by molar-refractivity contribution is 0.0995. The molecule has 0 saturated heterocycles. The molecular weight excluding hydrogens is 264 g/mol. The van der Waals surface area contributed by atoms with E-state index in [4.69, 9.17) is 11.5 Å². The molecule has 2 rings (SSSR count). The topological polar surface area (TPSA) is 85.2 Å². The lowest BCUT2D eigenvalue weighted by Gasteiger charge is -2.28. The number of hydrogen-bond acceptors (Lipinski definition) is 4. The maximum absolute atomic E-state index is 11.3. The van der Waals surface area contributed by atoms with E-state index in [1.165, 1.54) is 0 Å². The first-order valence-corrected chi connectivity index (χ1v) is 6.85. The Kier molecular flexibility index (Phi) is 4.42. The number of pyridine rings is 1. The van der Waals surface area contributed by atoms with Gasteiger partial charge < -0.3 is 16.4 Å². The highest BCUT2D eigenvalue weighted by atomic mass is 16.1. The number of nitrogens with two attached hydrogens (primary N) is 2. The standard InChI is InChI=1S/C16H20N4O/c1-11(2)20(10-12-6-8-13(17)9-7-12)15-5-3-4-14(19-15)16(18)21/h3-9,11H,10,17H2,1-2H3,(H2,18,21). The first-order chi connectivity index (χ1) is 9.97.